The summed E-state index contributed by atoms with van der Waals surface area (Å²) in [4.78, 5) is 1.90. The lowest BCUT2D eigenvalue weighted by molar-refractivity contribution is 0.394. The number of thioether (sulfide) groups is 1. The maximum Gasteiger partial charge on any atom is 0.206 e. The Hall–Kier alpha value is -1.26. The number of hydrogen-bond acceptors (Lipinski definition) is 3. The number of rotatable bonds is 7. The Morgan fingerprint density at radius 3 is 2.11 bits per heavy atom. The van der Waals surface area contributed by atoms with Crippen molar-refractivity contribution in [1.82, 2.24) is 0 Å². The minimum Gasteiger partial charge on any atom is -0.219 e. The van der Waals surface area contributed by atoms with Crippen molar-refractivity contribution in [3.05, 3.63) is 53.6 Å². The largest absolute Gasteiger partial charge is 0.219 e. The number of sulfone groups is 1. The van der Waals surface area contributed by atoms with Gasteiger partial charge in [-0.2, -0.15) is 0 Å². The Labute approximate surface area is 168 Å². The van der Waals surface area contributed by atoms with Gasteiger partial charge in [-0.1, -0.05) is 40.7 Å². The summed E-state index contributed by atoms with van der Waals surface area (Å²) in [5.41, 5.74) is 2.69. The summed E-state index contributed by atoms with van der Waals surface area (Å²) < 4.78 is 26.3. The Bertz CT molecular complexity index is 925. The van der Waals surface area contributed by atoms with Crippen molar-refractivity contribution in [3.63, 3.8) is 0 Å². The molecule has 0 saturated carbocycles. The fourth-order valence-electron chi connectivity index (χ4n) is 3.70. The lowest BCUT2D eigenvalue weighted by Gasteiger charge is -2.41. The molecule has 27 heavy (non-hydrogen) atoms. The second-order valence-electron chi connectivity index (χ2n) is 8.14. The van der Waals surface area contributed by atoms with Crippen LogP contribution in [0.4, 0.5) is 0 Å². The maximum absolute atomic E-state index is 13.1. The molecule has 2 aromatic carbocycles. The predicted octanol–water partition coefficient (Wildman–Crippen LogP) is 6.41. The van der Waals surface area contributed by atoms with Crippen molar-refractivity contribution >= 4 is 21.6 Å². The van der Waals surface area contributed by atoms with Crippen LogP contribution in [-0.2, 0) is 21.7 Å². The minimum absolute atomic E-state index is 0.189. The third kappa shape index (κ3) is 3.71. The maximum atomic E-state index is 13.1. The van der Waals surface area contributed by atoms with E-state index in [-0.39, 0.29) is 10.2 Å². The molecule has 0 bridgehead atoms. The van der Waals surface area contributed by atoms with Crippen LogP contribution < -0.4 is 0 Å². The molecule has 0 heterocycles. The molecule has 0 amide bonds. The zero-order chi connectivity index (χ0) is 19.9. The van der Waals surface area contributed by atoms with Crippen LogP contribution in [0.2, 0.25) is 0 Å². The summed E-state index contributed by atoms with van der Waals surface area (Å²) in [5, 5.41) is 0. The molecule has 4 heteroatoms. The summed E-state index contributed by atoms with van der Waals surface area (Å²) in [5.74, 6) is 0. The molecule has 0 N–H and O–H groups in total. The Morgan fingerprint density at radius 2 is 1.59 bits per heavy atom. The van der Waals surface area contributed by atoms with Crippen molar-refractivity contribution in [1.29, 1.82) is 0 Å². The van der Waals surface area contributed by atoms with Crippen molar-refractivity contribution in [2.45, 2.75) is 85.2 Å². The van der Waals surface area contributed by atoms with E-state index in [9.17, 15) is 8.42 Å². The number of fused-ring (bicyclic) bond motifs is 1. The monoisotopic (exact) mass is 402 g/mol. The molecule has 0 spiro atoms. The van der Waals surface area contributed by atoms with Crippen molar-refractivity contribution < 1.29 is 8.42 Å². The third-order valence-electron chi connectivity index (χ3n) is 6.39. The lowest BCUT2D eigenvalue weighted by Crippen LogP contribution is -2.35. The first-order chi connectivity index (χ1) is 12.7. The van der Waals surface area contributed by atoms with E-state index < -0.39 is 9.84 Å². The number of hydrogen-bond donors (Lipinski definition) is 0. The summed E-state index contributed by atoms with van der Waals surface area (Å²) in [6, 6.07) is 13.0. The Balaban J connectivity index is 1.85. The minimum atomic E-state index is -3.47. The van der Waals surface area contributed by atoms with Crippen LogP contribution in [0.5, 0.6) is 0 Å². The highest BCUT2D eigenvalue weighted by Gasteiger charge is 2.37. The van der Waals surface area contributed by atoms with Gasteiger partial charge in [0.15, 0.2) is 0 Å². The summed E-state index contributed by atoms with van der Waals surface area (Å²) in [7, 11) is -3.47. The van der Waals surface area contributed by atoms with Gasteiger partial charge in [-0.15, -0.1) is 11.8 Å². The van der Waals surface area contributed by atoms with Gasteiger partial charge >= 0.3 is 0 Å². The van der Waals surface area contributed by atoms with Gasteiger partial charge in [0, 0.05) is 9.64 Å². The predicted molar refractivity (Wildman–Crippen MR) is 115 cm³/mol. The van der Waals surface area contributed by atoms with Crippen LogP contribution in [0.25, 0.3) is 0 Å². The first-order valence-corrected chi connectivity index (χ1v) is 12.1. The van der Waals surface area contributed by atoms with Crippen molar-refractivity contribution in [2.24, 2.45) is 0 Å². The Kier molecular flexibility index (Phi) is 5.53. The smallest absolute Gasteiger partial charge is 0.206 e. The van der Waals surface area contributed by atoms with Crippen molar-refractivity contribution in [3.8, 4) is 0 Å². The lowest BCUT2D eigenvalue weighted by atomic mass is 9.64. The molecule has 146 valence electrons. The fraction of sp³-hybridized carbons (Fsp3) is 0.478. The molecule has 2 aromatic rings. The molecule has 0 radical (unpaired) electrons. The molecule has 1 unspecified atom stereocenters. The SMILES string of the molecule is CCC(C)(CC)Sc1ccc(S(=O)(=O)c2ccc3c(c2)CC3(C)CC)cc1. The normalized spacial score (nSPS) is 19.4. The van der Waals surface area contributed by atoms with E-state index in [2.05, 4.69) is 34.6 Å². The van der Waals surface area contributed by atoms with Gasteiger partial charge in [0.25, 0.3) is 0 Å². The molecule has 1 aliphatic rings. The van der Waals surface area contributed by atoms with Crippen LogP contribution in [0, 0.1) is 0 Å². The molecule has 0 aromatic heterocycles. The van der Waals surface area contributed by atoms with E-state index in [1.54, 1.807) is 18.2 Å². The van der Waals surface area contributed by atoms with E-state index >= 15 is 0 Å². The molecule has 1 aliphatic carbocycles. The second-order valence-corrected chi connectivity index (χ2v) is 11.8. The first-order valence-electron chi connectivity index (χ1n) is 9.85. The van der Waals surface area contributed by atoms with Gasteiger partial charge < -0.3 is 0 Å². The Morgan fingerprint density at radius 1 is 1.00 bits per heavy atom. The van der Waals surface area contributed by atoms with Gasteiger partial charge in [-0.05, 0) is 78.6 Å². The molecule has 0 saturated heterocycles. The van der Waals surface area contributed by atoms with Crippen LogP contribution >= 0.6 is 11.8 Å². The molecular formula is C23H30O2S2. The standard InChI is InChI=1S/C23H30O2S2/c1-6-22(4)16-17-15-20(13-14-21(17)22)27(24,25)19-11-9-18(10-12-19)26-23(5,7-2)8-3/h9-15H,6-8,16H2,1-5H3. The zero-order valence-corrected chi connectivity index (χ0v) is 18.6. The highest BCUT2D eigenvalue weighted by Crippen LogP contribution is 2.44. The average molecular weight is 403 g/mol. The van der Waals surface area contributed by atoms with Crippen LogP contribution in [-0.4, -0.2) is 13.2 Å². The molecular weight excluding hydrogens is 372 g/mol. The summed E-state index contributed by atoms with van der Waals surface area (Å²) >= 11 is 1.83. The highest BCUT2D eigenvalue weighted by molar-refractivity contribution is 8.00. The van der Waals surface area contributed by atoms with Gasteiger partial charge in [0.1, 0.15) is 0 Å². The van der Waals surface area contributed by atoms with Gasteiger partial charge in [0.05, 0.1) is 9.79 Å². The van der Waals surface area contributed by atoms with E-state index in [4.69, 9.17) is 0 Å². The van der Waals surface area contributed by atoms with Crippen LogP contribution in [0.3, 0.4) is 0 Å². The first kappa shape index (κ1) is 20.5. The zero-order valence-electron chi connectivity index (χ0n) is 17.0. The second kappa shape index (κ2) is 7.29. The van der Waals surface area contributed by atoms with Crippen LogP contribution in [0.15, 0.2) is 57.2 Å². The van der Waals surface area contributed by atoms with Crippen LogP contribution in [0.1, 0.15) is 65.0 Å². The van der Waals surface area contributed by atoms with Gasteiger partial charge in [-0.3, -0.25) is 0 Å². The molecule has 0 aliphatic heterocycles. The average Bonchev–Trinajstić information content (AvgIpc) is 2.66. The topological polar surface area (TPSA) is 34.1 Å². The molecule has 2 nitrogen and oxygen atoms in total. The molecule has 1 atom stereocenters. The summed E-state index contributed by atoms with van der Waals surface area (Å²) in [6.07, 6.45) is 4.21. The highest BCUT2D eigenvalue weighted by atomic mass is 32.2. The molecule has 3 rings (SSSR count). The number of benzene rings is 2. The quantitative estimate of drug-likeness (QED) is 0.502. The van der Waals surface area contributed by atoms with Crippen molar-refractivity contribution in [2.75, 3.05) is 0 Å². The van der Waals surface area contributed by atoms with Gasteiger partial charge in [-0.25, -0.2) is 8.42 Å². The van der Waals surface area contributed by atoms with Gasteiger partial charge in [0.2, 0.25) is 9.84 Å². The van der Waals surface area contributed by atoms with E-state index in [0.717, 1.165) is 30.6 Å². The third-order valence-corrected chi connectivity index (χ3v) is 9.74. The molecule has 0 fully saturated rings. The summed E-state index contributed by atoms with van der Waals surface area (Å²) in [6.45, 7) is 11.1. The van der Waals surface area contributed by atoms with E-state index in [0.29, 0.717) is 9.79 Å². The fourth-order valence-corrected chi connectivity index (χ4v) is 6.14. The van der Waals surface area contributed by atoms with E-state index in [1.807, 2.05) is 36.0 Å². The van der Waals surface area contributed by atoms with E-state index in [1.165, 1.54) is 11.1 Å².